The van der Waals surface area contributed by atoms with Crippen LogP contribution in [0.2, 0.25) is 0 Å². The third-order valence-corrected chi connectivity index (χ3v) is 3.31. The molecular weight excluding hydrogens is 266 g/mol. The normalized spacial score (nSPS) is 14.5. The van der Waals surface area contributed by atoms with Crippen LogP contribution in [-0.2, 0) is 4.79 Å². The second-order valence-corrected chi connectivity index (χ2v) is 5.86. The summed E-state index contributed by atoms with van der Waals surface area (Å²) in [5, 5.41) is 3.06. The van der Waals surface area contributed by atoms with E-state index in [1.807, 2.05) is 32.0 Å². The van der Waals surface area contributed by atoms with Crippen LogP contribution < -0.4 is 14.8 Å². The second kappa shape index (κ2) is 6.66. The second-order valence-electron chi connectivity index (χ2n) is 5.86. The van der Waals surface area contributed by atoms with E-state index in [9.17, 15) is 4.79 Å². The lowest BCUT2D eigenvalue weighted by Crippen LogP contribution is -2.30. The molecule has 1 aromatic carbocycles. The van der Waals surface area contributed by atoms with E-state index < -0.39 is 0 Å². The molecule has 1 heterocycles. The van der Waals surface area contributed by atoms with Crippen LogP contribution in [-0.4, -0.2) is 19.1 Å². The van der Waals surface area contributed by atoms with Crippen LogP contribution in [0.25, 0.3) is 0 Å². The van der Waals surface area contributed by atoms with Gasteiger partial charge in [-0.15, -0.1) is 0 Å². The predicted octanol–water partition coefficient (Wildman–Crippen LogP) is 3.24. The highest BCUT2D eigenvalue weighted by atomic mass is 16.6. The number of nitrogens with one attached hydrogen (secondary N) is 1. The van der Waals surface area contributed by atoms with Crippen LogP contribution in [0.4, 0.5) is 0 Å². The number of carbonyl (C=O) groups is 1. The van der Waals surface area contributed by atoms with E-state index in [2.05, 4.69) is 19.2 Å². The van der Waals surface area contributed by atoms with Crippen molar-refractivity contribution in [2.75, 3.05) is 13.2 Å². The summed E-state index contributed by atoms with van der Waals surface area (Å²) >= 11 is 0. The van der Waals surface area contributed by atoms with Crippen LogP contribution in [0.1, 0.15) is 39.3 Å². The number of carbonyl (C=O) groups excluding carboxylic acids is 1. The number of amides is 1. The lowest BCUT2D eigenvalue weighted by Gasteiger charge is -2.25. The van der Waals surface area contributed by atoms with E-state index in [1.165, 1.54) is 0 Å². The number of ether oxygens (including phenoxy) is 2. The Kier molecular flexibility index (Phi) is 4.89. The first-order chi connectivity index (χ1) is 9.97. The molecule has 21 heavy (non-hydrogen) atoms. The number of allylic oxidation sites excluding steroid dienone is 1. The summed E-state index contributed by atoms with van der Waals surface area (Å²) in [4.78, 5) is 12.0. The molecule has 0 aliphatic carbocycles. The minimum absolute atomic E-state index is 0.0519. The zero-order chi connectivity index (χ0) is 15.4. The van der Waals surface area contributed by atoms with Gasteiger partial charge in [-0.2, -0.15) is 0 Å². The Labute approximate surface area is 126 Å². The maximum atomic E-state index is 12.0. The summed E-state index contributed by atoms with van der Waals surface area (Å²) in [5.41, 5.74) is 2.02. The maximum Gasteiger partial charge on any atom is 0.244 e. The van der Waals surface area contributed by atoms with E-state index in [-0.39, 0.29) is 17.9 Å². The largest absolute Gasteiger partial charge is 0.486 e. The van der Waals surface area contributed by atoms with Gasteiger partial charge < -0.3 is 14.8 Å². The van der Waals surface area contributed by atoms with Gasteiger partial charge in [-0.3, -0.25) is 4.79 Å². The van der Waals surface area contributed by atoms with Crippen LogP contribution >= 0.6 is 0 Å². The summed E-state index contributed by atoms with van der Waals surface area (Å²) in [7, 11) is 0. The lowest BCUT2D eigenvalue weighted by molar-refractivity contribution is -0.117. The van der Waals surface area contributed by atoms with Gasteiger partial charge >= 0.3 is 0 Å². The van der Waals surface area contributed by atoms with Gasteiger partial charge in [0.2, 0.25) is 5.91 Å². The summed E-state index contributed by atoms with van der Waals surface area (Å²) in [6.07, 6.45) is 1.62. The molecule has 114 valence electrons. The minimum Gasteiger partial charge on any atom is -0.486 e. The van der Waals surface area contributed by atoms with Crippen molar-refractivity contribution in [1.29, 1.82) is 0 Å². The highest BCUT2D eigenvalue weighted by Gasteiger charge is 2.20. The molecule has 1 aromatic rings. The molecule has 0 aromatic heterocycles. The zero-order valence-electron chi connectivity index (χ0n) is 13.1. The predicted molar refractivity (Wildman–Crippen MR) is 82.6 cm³/mol. The number of benzene rings is 1. The topological polar surface area (TPSA) is 47.6 Å². The Balaban J connectivity index is 2.22. The van der Waals surface area contributed by atoms with Crippen molar-refractivity contribution in [3.05, 3.63) is 35.4 Å². The van der Waals surface area contributed by atoms with Gasteiger partial charge in [0.25, 0.3) is 0 Å². The first-order valence-corrected chi connectivity index (χ1v) is 7.32. The maximum absolute atomic E-state index is 12.0. The average molecular weight is 289 g/mol. The standard InChI is InChI=1S/C17H23NO3/c1-11(2)9-16(19)18-17(12(3)4)13-5-6-14-15(10-13)21-8-7-20-14/h5-6,9-10,12,17H,7-8H2,1-4H3,(H,18,19)/t17-/m1/s1. The molecule has 4 nitrogen and oxygen atoms in total. The fourth-order valence-corrected chi connectivity index (χ4v) is 2.35. The average Bonchev–Trinajstić information content (AvgIpc) is 2.43. The molecule has 1 N–H and O–H groups in total. The number of rotatable bonds is 4. The molecule has 1 aliphatic rings. The zero-order valence-corrected chi connectivity index (χ0v) is 13.1. The van der Waals surface area contributed by atoms with Crippen molar-refractivity contribution in [2.24, 2.45) is 5.92 Å². The van der Waals surface area contributed by atoms with E-state index in [0.717, 1.165) is 22.6 Å². The number of fused-ring (bicyclic) bond motifs is 1. The van der Waals surface area contributed by atoms with Gasteiger partial charge in [0.05, 0.1) is 6.04 Å². The smallest absolute Gasteiger partial charge is 0.244 e. The molecule has 0 spiro atoms. The molecule has 1 amide bonds. The Morgan fingerprint density at radius 1 is 1.19 bits per heavy atom. The Hall–Kier alpha value is -1.97. The fraction of sp³-hybridized carbons (Fsp3) is 0.471. The molecular formula is C17H23NO3. The van der Waals surface area contributed by atoms with Crippen LogP contribution in [0.5, 0.6) is 11.5 Å². The molecule has 1 aliphatic heterocycles. The SMILES string of the molecule is CC(C)=CC(=O)N[C@@H](c1ccc2c(c1)OCCO2)C(C)C. The van der Waals surface area contributed by atoms with E-state index in [0.29, 0.717) is 13.2 Å². The van der Waals surface area contributed by atoms with Gasteiger partial charge in [-0.05, 0) is 37.5 Å². The monoisotopic (exact) mass is 289 g/mol. The third kappa shape index (κ3) is 4.00. The molecule has 0 unspecified atom stereocenters. The Morgan fingerprint density at radius 2 is 1.86 bits per heavy atom. The summed E-state index contributed by atoms with van der Waals surface area (Å²) in [6.45, 7) is 9.14. The molecule has 0 saturated heterocycles. The molecule has 2 rings (SSSR count). The van der Waals surface area contributed by atoms with Gasteiger partial charge in [0, 0.05) is 6.08 Å². The molecule has 0 saturated carbocycles. The van der Waals surface area contributed by atoms with Crippen molar-refractivity contribution in [2.45, 2.75) is 33.7 Å². The van der Waals surface area contributed by atoms with Gasteiger partial charge in [0.1, 0.15) is 13.2 Å². The minimum atomic E-state index is -0.0661. The fourth-order valence-electron chi connectivity index (χ4n) is 2.35. The van der Waals surface area contributed by atoms with Crippen molar-refractivity contribution in [1.82, 2.24) is 5.32 Å². The Bertz CT molecular complexity index is 545. The van der Waals surface area contributed by atoms with Crippen LogP contribution in [0.15, 0.2) is 29.8 Å². The van der Waals surface area contributed by atoms with E-state index in [4.69, 9.17) is 9.47 Å². The first-order valence-electron chi connectivity index (χ1n) is 7.32. The third-order valence-electron chi connectivity index (χ3n) is 3.31. The quantitative estimate of drug-likeness (QED) is 0.866. The van der Waals surface area contributed by atoms with Gasteiger partial charge in [0.15, 0.2) is 11.5 Å². The highest BCUT2D eigenvalue weighted by Crippen LogP contribution is 2.34. The van der Waals surface area contributed by atoms with Crippen LogP contribution in [0, 0.1) is 5.92 Å². The highest BCUT2D eigenvalue weighted by molar-refractivity contribution is 5.88. The van der Waals surface area contributed by atoms with Crippen molar-refractivity contribution < 1.29 is 14.3 Å². The number of hydrogen-bond acceptors (Lipinski definition) is 3. The lowest BCUT2D eigenvalue weighted by atomic mass is 9.95. The Morgan fingerprint density at radius 3 is 2.48 bits per heavy atom. The van der Waals surface area contributed by atoms with Gasteiger partial charge in [-0.25, -0.2) is 0 Å². The molecule has 4 heteroatoms. The molecule has 0 bridgehead atoms. The molecule has 1 atom stereocenters. The number of hydrogen-bond donors (Lipinski definition) is 1. The summed E-state index contributed by atoms with van der Waals surface area (Å²) < 4.78 is 11.1. The van der Waals surface area contributed by atoms with Gasteiger partial charge in [-0.1, -0.05) is 25.5 Å². The summed E-state index contributed by atoms with van der Waals surface area (Å²) in [6, 6.07) is 5.80. The van der Waals surface area contributed by atoms with Crippen molar-refractivity contribution in [3.63, 3.8) is 0 Å². The van der Waals surface area contributed by atoms with Crippen molar-refractivity contribution in [3.8, 4) is 11.5 Å². The first kappa shape index (κ1) is 15.4. The van der Waals surface area contributed by atoms with Crippen molar-refractivity contribution >= 4 is 5.91 Å². The summed E-state index contributed by atoms with van der Waals surface area (Å²) in [5.74, 6) is 1.73. The van der Waals surface area contributed by atoms with Crippen LogP contribution in [0.3, 0.4) is 0 Å². The van der Waals surface area contributed by atoms with E-state index >= 15 is 0 Å². The molecule has 0 fully saturated rings. The van der Waals surface area contributed by atoms with E-state index in [1.54, 1.807) is 6.08 Å². The molecule has 0 radical (unpaired) electrons.